The van der Waals surface area contributed by atoms with E-state index < -0.39 is 7.82 Å². The zero-order valence-electron chi connectivity index (χ0n) is 24.6. The fraction of sp³-hybridized carbons (Fsp3) is 0.931. The van der Waals surface area contributed by atoms with Crippen LogP contribution in [0.3, 0.4) is 0 Å². The maximum absolute atomic E-state index is 12.0. The van der Waals surface area contributed by atoms with Crippen LogP contribution in [-0.4, -0.2) is 61.8 Å². The summed E-state index contributed by atoms with van der Waals surface area (Å²) in [5, 5.41) is 0. The van der Waals surface area contributed by atoms with Crippen molar-refractivity contribution in [3.8, 4) is 0 Å². The number of carbonyl (C=O) groups excluding carboxylic acids is 2. The molecule has 220 valence electrons. The summed E-state index contributed by atoms with van der Waals surface area (Å²) in [5.74, 6) is -0.0113. The van der Waals surface area contributed by atoms with E-state index in [4.69, 9.17) is 9.05 Å². The highest BCUT2D eigenvalue weighted by atomic mass is 31.2. The maximum atomic E-state index is 12.0. The molecule has 0 saturated heterocycles. The Hall–Kier alpha value is -0.590. The van der Waals surface area contributed by atoms with Gasteiger partial charge in [0.2, 0.25) is 0 Å². The molecule has 8 heteroatoms. The molecule has 0 bridgehead atoms. The van der Waals surface area contributed by atoms with E-state index in [1.54, 1.807) is 0 Å². The summed E-state index contributed by atoms with van der Waals surface area (Å²) in [6.07, 6.45) is 21.9. The largest absolute Gasteiger partial charge is 0.472 e. The number of hydrogen-bond donors (Lipinski definition) is 1. The minimum Gasteiger partial charge on any atom is -0.329 e. The van der Waals surface area contributed by atoms with Crippen molar-refractivity contribution in [1.82, 2.24) is 0 Å². The highest BCUT2D eigenvalue weighted by Gasteiger charge is 2.22. The monoisotopic (exact) mass is 548 g/mol. The summed E-state index contributed by atoms with van der Waals surface area (Å²) in [7, 11) is 1.71. The lowest BCUT2D eigenvalue weighted by Crippen LogP contribution is -2.37. The molecule has 0 fully saturated rings. The van der Waals surface area contributed by atoms with Gasteiger partial charge in [-0.2, -0.15) is 0 Å². The van der Waals surface area contributed by atoms with Crippen molar-refractivity contribution in [3.63, 3.8) is 0 Å². The van der Waals surface area contributed by atoms with Crippen LogP contribution in [0.4, 0.5) is 0 Å². The molecule has 0 aromatic carbocycles. The molecule has 37 heavy (non-hydrogen) atoms. The number of Topliss-reactive ketones (excluding diaryl/α,β-unsaturated/α-hetero) is 2. The van der Waals surface area contributed by atoms with E-state index in [0.717, 1.165) is 12.8 Å². The predicted molar refractivity (Wildman–Crippen MR) is 153 cm³/mol. The highest BCUT2D eigenvalue weighted by Crippen LogP contribution is 2.43. The Bertz CT molecular complexity index is 620. The third-order valence-electron chi connectivity index (χ3n) is 6.64. The van der Waals surface area contributed by atoms with Crippen LogP contribution in [0.5, 0.6) is 0 Å². The van der Waals surface area contributed by atoms with E-state index in [2.05, 4.69) is 6.92 Å². The van der Waals surface area contributed by atoms with Gasteiger partial charge in [0.25, 0.3) is 0 Å². The van der Waals surface area contributed by atoms with Crippen LogP contribution in [0.15, 0.2) is 0 Å². The van der Waals surface area contributed by atoms with Crippen LogP contribution < -0.4 is 0 Å². The first kappa shape index (κ1) is 36.4. The predicted octanol–water partition coefficient (Wildman–Crippen LogP) is 7.79. The molecule has 0 spiro atoms. The molecule has 7 nitrogen and oxygen atoms in total. The van der Waals surface area contributed by atoms with Crippen LogP contribution in [-0.2, 0) is 23.2 Å². The van der Waals surface area contributed by atoms with Gasteiger partial charge in [-0.05, 0) is 6.42 Å². The van der Waals surface area contributed by atoms with Crippen molar-refractivity contribution in [2.75, 3.05) is 40.9 Å². The van der Waals surface area contributed by atoms with Gasteiger partial charge in [0, 0.05) is 25.7 Å². The third kappa shape index (κ3) is 28.2. The standard InChI is InChI=1S/C29H58NO6P/c1-5-6-7-8-9-10-11-12-13-14-15-16-17-18-19-20-21-28(31)22-23-29(32)24-26-35-37(33,34)36-27-25-30(2,3)4/h5-27H2,1-4H3/p+1. The summed E-state index contributed by atoms with van der Waals surface area (Å²) >= 11 is 0. The van der Waals surface area contributed by atoms with Crippen molar-refractivity contribution in [2.24, 2.45) is 0 Å². The molecule has 0 saturated carbocycles. The number of quaternary nitrogens is 1. The van der Waals surface area contributed by atoms with Crippen molar-refractivity contribution in [2.45, 2.75) is 135 Å². The van der Waals surface area contributed by atoms with Gasteiger partial charge in [-0.25, -0.2) is 4.57 Å². The number of unbranched alkanes of at least 4 members (excludes halogenated alkanes) is 15. The molecule has 1 atom stereocenters. The molecule has 0 amide bonds. The Balaban J connectivity index is 3.50. The summed E-state index contributed by atoms with van der Waals surface area (Å²) in [4.78, 5) is 33.6. The smallest absolute Gasteiger partial charge is 0.329 e. The number of carbonyl (C=O) groups is 2. The van der Waals surface area contributed by atoms with Crippen molar-refractivity contribution in [3.05, 3.63) is 0 Å². The van der Waals surface area contributed by atoms with Gasteiger partial charge in [-0.15, -0.1) is 0 Å². The molecule has 0 aromatic heterocycles. The summed E-state index contributed by atoms with van der Waals surface area (Å²) in [6.45, 7) is 2.75. The van der Waals surface area contributed by atoms with Crippen molar-refractivity contribution in [1.29, 1.82) is 0 Å². The van der Waals surface area contributed by atoms with Gasteiger partial charge in [0.15, 0.2) is 0 Å². The lowest BCUT2D eigenvalue weighted by atomic mass is 10.0. The van der Waals surface area contributed by atoms with Gasteiger partial charge in [-0.1, -0.05) is 103 Å². The number of likely N-dealkylation sites (N-methyl/N-ethyl adjacent to an activating group) is 1. The maximum Gasteiger partial charge on any atom is 0.472 e. The Morgan fingerprint density at radius 3 is 1.41 bits per heavy atom. The van der Waals surface area contributed by atoms with E-state index in [9.17, 15) is 19.0 Å². The van der Waals surface area contributed by atoms with E-state index in [0.29, 0.717) is 17.4 Å². The molecular formula is C29H59NO6P+. The Kier molecular flexibility index (Phi) is 22.9. The zero-order valence-corrected chi connectivity index (χ0v) is 25.5. The normalized spacial score (nSPS) is 13.5. The third-order valence-corrected chi connectivity index (χ3v) is 7.66. The quantitative estimate of drug-likeness (QED) is 0.0610. The molecule has 0 rings (SSSR count). The number of rotatable bonds is 28. The number of nitrogens with zero attached hydrogens (tertiary/aromatic N) is 1. The van der Waals surface area contributed by atoms with Crippen LogP contribution in [0, 0.1) is 0 Å². The second-order valence-corrected chi connectivity index (χ2v) is 13.0. The highest BCUT2D eigenvalue weighted by molar-refractivity contribution is 7.47. The fourth-order valence-electron chi connectivity index (χ4n) is 4.14. The minimum absolute atomic E-state index is 0.00949. The molecule has 0 aliphatic carbocycles. The molecular weight excluding hydrogens is 489 g/mol. The van der Waals surface area contributed by atoms with Gasteiger partial charge in [0.1, 0.15) is 24.7 Å². The number of ketones is 2. The van der Waals surface area contributed by atoms with Gasteiger partial charge >= 0.3 is 7.82 Å². The van der Waals surface area contributed by atoms with Gasteiger partial charge in [-0.3, -0.25) is 18.6 Å². The molecule has 1 unspecified atom stereocenters. The van der Waals surface area contributed by atoms with Crippen molar-refractivity contribution >= 4 is 19.4 Å². The lowest BCUT2D eigenvalue weighted by molar-refractivity contribution is -0.870. The summed E-state index contributed by atoms with van der Waals surface area (Å²) < 4.78 is 22.2. The summed E-state index contributed by atoms with van der Waals surface area (Å²) in [6, 6.07) is 0. The van der Waals surface area contributed by atoms with Gasteiger partial charge < -0.3 is 9.38 Å². The Morgan fingerprint density at radius 1 is 0.595 bits per heavy atom. The van der Waals surface area contributed by atoms with Crippen LogP contribution >= 0.6 is 7.82 Å². The van der Waals surface area contributed by atoms with E-state index in [1.807, 2.05) is 21.1 Å². The molecule has 0 radical (unpaired) electrons. The molecule has 0 heterocycles. The Morgan fingerprint density at radius 2 is 0.973 bits per heavy atom. The van der Waals surface area contributed by atoms with E-state index in [1.165, 1.54) is 89.9 Å². The van der Waals surface area contributed by atoms with Crippen LogP contribution in [0.1, 0.15) is 135 Å². The second kappa shape index (κ2) is 23.3. The first-order valence-corrected chi connectivity index (χ1v) is 16.5. The Labute approximate surface area is 228 Å². The SMILES string of the molecule is CCCCCCCCCCCCCCCCCCC(=O)CCC(=O)CCOP(=O)(O)OCC[N+](C)(C)C. The zero-order chi connectivity index (χ0) is 27.8. The number of phosphoric ester groups is 1. The van der Waals surface area contributed by atoms with E-state index >= 15 is 0 Å². The summed E-state index contributed by atoms with van der Waals surface area (Å²) in [5.41, 5.74) is 0. The average Bonchev–Trinajstić information content (AvgIpc) is 2.81. The topological polar surface area (TPSA) is 89.9 Å². The molecule has 0 aliphatic heterocycles. The first-order chi connectivity index (χ1) is 17.6. The van der Waals surface area contributed by atoms with Crippen LogP contribution in [0.25, 0.3) is 0 Å². The molecule has 1 N–H and O–H groups in total. The van der Waals surface area contributed by atoms with E-state index in [-0.39, 0.29) is 44.0 Å². The fourth-order valence-corrected chi connectivity index (χ4v) is 4.85. The minimum atomic E-state index is -4.14. The van der Waals surface area contributed by atoms with Gasteiger partial charge in [0.05, 0.1) is 27.7 Å². The average molecular weight is 549 g/mol. The second-order valence-electron chi connectivity index (χ2n) is 11.5. The molecule has 0 aromatic rings. The van der Waals surface area contributed by atoms with Crippen LogP contribution in [0.2, 0.25) is 0 Å². The number of phosphoric acid groups is 1. The molecule has 0 aliphatic rings. The number of hydrogen-bond acceptors (Lipinski definition) is 5. The van der Waals surface area contributed by atoms with Crippen molar-refractivity contribution < 1.29 is 32.6 Å². The first-order valence-electron chi connectivity index (χ1n) is 15.0. The lowest BCUT2D eigenvalue weighted by Gasteiger charge is -2.23.